The maximum Gasteiger partial charge on any atom is 0.232 e. The molecule has 2 heterocycles. The number of nitrogens with one attached hydrogen (secondary N) is 1. The summed E-state index contributed by atoms with van der Waals surface area (Å²) in [5.74, 6) is 0.228. The second-order valence-electron chi connectivity index (χ2n) is 6.03. The largest absolute Gasteiger partial charge is 0.384 e. The van der Waals surface area contributed by atoms with E-state index in [1.807, 2.05) is 24.1 Å². The van der Waals surface area contributed by atoms with Gasteiger partial charge in [-0.05, 0) is 38.1 Å². The van der Waals surface area contributed by atoms with E-state index in [1.165, 1.54) is 6.42 Å². The van der Waals surface area contributed by atoms with Crippen molar-refractivity contribution in [1.82, 2.24) is 9.80 Å². The number of carbonyl (C=O) groups is 1. The Kier molecular flexibility index (Phi) is 3.66. The molecule has 2 atom stereocenters. The average molecular weight is 273 g/mol. The molecule has 4 heteroatoms. The number of carbonyl (C=O) groups excluding carboxylic acids is 1. The van der Waals surface area contributed by atoms with Crippen LogP contribution in [0.3, 0.4) is 0 Å². The molecule has 1 saturated heterocycles. The highest BCUT2D eigenvalue weighted by Crippen LogP contribution is 2.32. The number of benzene rings is 1. The van der Waals surface area contributed by atoms with Crippen molar-refractivity contribution < 1.29 is 4.79 Å². The number of likely N-dealkylation sites (tertiary alicyclic amines) is 1. The molecule has 0 aliphatic carbocycles. The standard InChI is InChI=1S/C16H23N3O/c1-18-9-5-6-12(11-18)19(2)16(20)14-10-17-15-8-4-3-7-13(14)15/h3-4,7-8,12,14,17H,5-6,9-11H2,1-2H3. The topological polar surface area (TPSA) is 35.6 Å². The van der Waals surface area contributed by atoms with Gasteiger partial charge in [0.2, 0.25) is 5.91 Å². The highest BCUT2D eigenvalue weighted by molar-refractivity contribution is 5.88. The van der Waals surface area contributed by atoms with E-state index in [1.54, 1.807) is 0 Å². The number of amides is 1. The minimum Gasteiger partial charge on any atom is -0.384 e. The molecule has 0 bridgehead atoms. The lowest BCUT2D eigenvalue weighted by atomic mass is 9.97. The number of likely N-dealkylation sites (N-methyl/N-ethyl adjacent to an activating group) is 2. The molecule has 1 fully saturated rings. The third kappa shape index (κ3) is 2.40. The van der Waals surface area contributed by atoms with Crippen molar-refractivity contribution in [3.8, 4) is 0 Å². The van der Waals surface area contributed by atoms with Crippen molar-refractivity contribution in [2.24, 2.45) is 0 Å². The highest BCUT2D eigenvalue weighted by Gasteiger charge is 2.33. The van der Waals surface area contributed by atoms with Crippen molar-refractivity contribution in [1.29, 1.82) is 0 Å². The van der Waals surface area contributed by atoms with Crippen LogP contribution in [0.2, 0.25) is 0 Å². The van der Waals surface area contributed by atoms with Crippen LogP contribution in [0.25, 0.3) is 0 Å². The summed E-state index contributed by atoms with van der Waals surface area (Å²) in [4.78, 5) is 17.1. The van der Waals surface area contributed by atoms with Crippen LogP contribution in [0.15, 0.2) is 24.3 Å². The first-order chi connectivity index (χ1) is 9.66. The third-order valence-corrected chi connectivity index (χ3v) is 4.63. The first-order valence-corrected chi connectivity index (χ1v) is 7.45. The van der Waals surface area contributed by atoms with E-state index in [4.69, 9.17) is 0 Å². The predicted octanol–water partition coefficient (Wildman–Crippen LogP) is 1.75. The molecule has 1 aromatic rings. The van der Waals surface area contributed by atoms with Gasteiger partial charge in [-0.1, -0.05) is 18.2 Å². The lowest BCUT2D eigenvalue weighted by molar-refractivity contribution is -0.134. The fourth-order valence-electron chi connectivity index (χ4n) is 3.39. The van der Waals surface area contributed by atoms with Crippen LogP contribution in [0, 0.1) is 0 Å². The molecule has 2 aliphatic heterocycles. The minimum absolute atomic E-state index is 0.0246. The Morgan fingerprint density at radius 2 is 2.20 bits per heavy atom. The summed E-state index contributed by atoms with van der Waals surface area (Å²) < 4.78 is 0. The average Bonchev–Trinajstić information content (AvgIpc) is 2.89. The zero-order valence-electron chi connectivity index (χ0n) is 12.3. The second kappa shape index (κ2) is 5.44. The van der Waals surface area contributed by atoms with E-state index < -0.39 is 0 Å². The minimum atomic E-state index is -0.0246. The first-order valence-electron chi connectivity index (χ1n) is 7.45. The Hall–Kier alpha value is -1.55. The summed E-state index contributed by atoms with van der Waals surface area (Å²) >= 11 is 0. The molecule has 0 aromatic heterocycles. The van der Waals surface area contributed by atoms with Crippen molar-refractivity contribution in [2.75, 3.05) is 39.0 Å². The van der Waals surface area contributed by atoms with Crippen LogP contribution >= 0.6 is 0 Å². The van der Waals surface area contributed by atoms with Crippen molar-refractivity contribution in [3.63, 3.8) is 0 Å². The summed E-state index contributed by atoms with van der Waals surface area (Å²) in [5.41, 5.74) is 2.26. The van der Waals surface area contributed by atoms with E-state index in [9.17, 15) is 4.79 Å². The monoisotopic (exact) mass is 273 g/mol. The van der Waals surface area contributed by atoms with Crippen LogP contribution in [0.4, 0.5) is 5.69 Å². The van der Waals surface area contributed by atoms with Gasteiger partial charge in [0, 0.05) is 31.9 Å². The van der Waals surface area contributed by atoms with Crippen LogP contribution in [-0.4, -0.2) is 55.5 Å². The van der Waals surface area contributed by atoms with Gasteiger partial charge in [0.25, 0.3) is 0 Å². The third-order valence-electron chi connectivity index (χ3n) is 4.63. The lowest BCUT2D eigenvalue weighted by Gasteiger charge is -2.36. The van der Waals surface area contributed by atoms with Gasteiger partial charge in [-0.3, -0.25) is 4.79 Å². The Morgan fingerprint density at radius 3 is 3.00 bits per heavy atom. The molecule has 1 aromatic carbocycles. The van der Waals surface area contributed by atoms with Crippen LogP contribution in [0.1, 0.15) is 24.3 Å². The molecule has 3 rings (SSSR count). The quantitative estimate of drug-likeness (QED) is 0.891. The summed E-state index contributed by atoms with van der Waals surface area (Å²) in [6, 6.07) is 8.50. The fourth-order valence-corrected chi connectivity index (χ4v) is 3.39. The smallest absolute Gasteiger partial charge is 0.232 e. The molecule has 2 unspecified atom stereocenters. The summed E-state index contributed by atoms with van der Waals surface area (Å²) in [7, 11) is 4.10. The zero-order chi connectivity index (χ0) is 14.1. The van der Waals surface area contributed by atoms with Gasteiger partial charge < -0.3 is 15.1 Å². The molecule has 108 valence electrons. The maximum atomic E-state index is 12.8. The maximum absolute atomic E-state index is 12.8. The molecule has 20 heavy (non-hydrogen) atoms. The van der Waals surface area contributed by atoms with E-state index in [0.29, 0.717) is 6.04 Å². The van der Waals surface area contributed by atoms with Crippen molar-refractivity contribution >= 4 is 11.6 Å². The van der Waals surface area contributed by atoms with Gasteiger partial charge >= 0.3 is 0 Å². The molecular formula is C16H23N3O. The molecule has 1 amide bonds. The van der Waals surface area contributed by atoms with Gasteiger partial charge in [-0.15, -0.1) is 0 Å². The Balaban J connectivity index is 1.73. The number of hydrogen-bond donors (Lipinski definition) is 1. The van der Waals surface area contributed by atoms with Crippen molar-refractivity contribution in [2.45, 2.75) is 24.8 Å². The van der Waals surface area contributed by atoms with Gasteiger partial charge in [-0.2, -0.15) is 0 Å². The van der Waals surface area contributed by atoms with Gasteiger partial charge in [-0.25, -0.2) is 0 Å². The number of fused-ring (bicyclic) bond motifs is 1. The fraction of sp³-hybridized carbons (Fsp3) is 0.562. The summed E-state index contributed by atoms with van der Waals surface area (Å²) in [5, 5.41) is 3.34. The van der Waals surface area contributed by atoms with E-state index >= 15 is 0 Å². The molecule has 4 nitrogen and oxygen atoms in total. The van der Waals surface area contributed by atoms with E-state index in [0.717, 1.165) is 37.3 Å². The highest BCUT2D eigenvalue weighted by atomic mass is 16.2. The molecule has 0 radical (unpaired) electrons. The number of para-hydroxylation sites is 1. The normalized spacial score (nSPS) is 25.9. The van der Waals surface area contributed by atoms with Gasteiger partial charge in [0.05, 0.1) is 5.92 Å². The summed E-state index contributed by atoms with van der Waals surface area (Å²) in [6.45, 7) is 2.86. The molecule has 0 saturated carbocycles. The SMILES string of the molecule is CN1CCCC(N(C)C(=O)C2CNc3ccccc32)C1. The predicted molar refractivity (Wildman–Crippen MR) is 81.0 cm³/mol. The molecule has 2 aliphatic rings. The van der Waals surface area contributed by atoms with Crippen LogP contribution in [-0.2, 0) is 4.79 Å². The van der Waals surface area contributed by atoms with E-state index in [-0.39, 0.29) is 11.8 Å². The molecule has 1 N–H and O–H groups in total. The Morgan fingerprint density at radius 1 is 1.40 bits per heavy atom. The second-order valence-corrected chi connectivity index (χ2v) is 6.03. The number of rotatable bonds is 2. The molecular weight excluding hydrogens is 250 g/mol. The Bertz CT molecular complexity index is 502. The number of nitrogens with zero attached hydrogens (tertiary/aromatic N) is 2. The number of hydrogen-bond acceptors (Lipinski definition) is 3. The number of anilines is 1. The van der Waals surface area contributed by atoms with Gasteiger partial charge in [0.1, 0.15) is 0 Å². The van der Waals surface area contributed by atoms with Crippen LogP contribution in [0.5, 0.6) is 0 Å². The number of piperidine rings is 1. The van der Waals surface area contributed by atoms with Gasteiger partial charge in [0.15, 0.2) is 0 Å². The van der Waals surface area contributed by atoms with Crippen molar-refractivity contribution in [3.05, 3.63) is 29.8 Å². The lowest BCUT2D eigenvalue weighted by Crippen LogP contribution is -2.48. The van der Waals surface area contributed by atoms with E-state index in [2.05, 4.69) is 29.4 Å². The zero-order valence-corrected chi connectivity index (χ0v) is 12.3. The molecule has 0 spiro atoms. The Labute approximate surface area is 120 Å². The first kappa shape index (κ1) is 13.4. The summed E-state index contributed by atoms with van der Waals surface area (Å²) in [6.07, 6.45) is 2.30. The van der Waals surface area contributed by atoms with Crippen LogP contribution < -0.4 is 5.32 Å².